The summed E-state index contributed by atoms with van der Waals surface area (Å²) in [5, 5.41) is 4.78. The molecule has 2 N–H and O–H groups in total. The molecule has 1 aromatic rings. The molecule has 1 atom stereocenters. The molecule has 0 fully saturated rings. The van der Waals surface area contributed by atoms with Crippen molar-refractivity contribution in [1.29, 1.82) is 0 Å². The molecule has 0 aliphatic heterocycles. The van der Waals surface area contributed by atoms with Gasteiger partial charge in [0.2, 0.25) is 0 Å². The van der Waals surface area contributed by atoms with Gasteiger partial charge in [0.05, 0.1) is 22.2 Å². The summed E-state index contributed by atoms with van der Waals surface area (Å²) in [7, 11) is 0.787. The molecule has 4 nitrogen and oxygen atoms in total. The summed E-state index contributed by atoms with van der Waals surface area (Å²) in [6, 6.07) is 0. The van der Waals surface area contributed by atoms with Crippen molar-refractivity contribution in [1.82, 2.24) is 9.78 Å². The van der Waals surface area contributed by atoms with E-state index in [1.54, 1.807) is 11.7 Å². The molecule has 1 unspecified atom stereocenters. The van der Waals surface area contributed by atoms with Crippen LogP contribution in [0, 0.1) is 6.92 Å². The van der Waals surface area contributed by atoms with Gasteiger partial charge in [0, 0.05) is 29.1 Å². The van der Waals surface area contributed by atoms with Crippen LogP contribution in [0.4, 0.5) is 0 Å². The number of hydrogen-bond donors (Lipinski definition) is 1. The summed E-state index contributed by atoms with van der Waals surface area (Å²) in [5.41, 5.74) is 6.97. The van der Waals surface area contributed by atoms with Crippen LogP contribution in [0.5, 0.6) is 0 Å². The molecule has 0 saturated carbocycles. The molecule has 16 heavy (non-hydrogen) atoms. The lowest BCUT2D eigenvalue weighted by molar-refractivity contribution is 0.576. The topological polar surface area (TPSA) is 60.9 Å². The Balaban J connectivity index is 2.78. The average Bonchev–Trinajstić information content (AvgIpc) is 2.29. The summed E-state index contributed by atoms with van der Waals surface area (Å²) in [4.78, 5) is 0. The van der Waals surface area contributed by atoms with Gasteiger partial charge < -0.3 is 5.73 Å². The van der Waals surface area contributed by atoms with Crippen molar-refractivity contribution in [2.24, 2.45) is 12.8 Å². The summed E-state index contributed by atoms with van der Waals surface area (Å²) in [6.07, 6.45) is 0. The quantitative estimate of drug-likeness (QED) is 0.893. The third-order valence-corrected chi connectivity index (χ3v) is 4.25. The maximum absolute atomic E-state index is 11.9. The predicted octanol–water partition coefficient (Wildman–Crippen LogP) is 1.37. The van der Waals surface area contributed by atoms with E-state index in [4.69, 9.17) is 17.3 Å². The van der Waals surface area contributed by atoms with Crippen LogP contribution in [0.2, 0.25) is 5.02 Å². The highest BCUT2D eigenvalue weighted by Gasteiger charge is 2.19. The minimum absolute atomic E-state index is 0.400. The van der Waals surface area contributed by atoms with E-state index < -0.39 is 16.3 Å². The zero-order valence-corrected chi connectivity index (χ0v) is 11.7. The first-order valence-electron chi connectivity index (χ1n) is 5.02. The smallest absolute Gasteiger partial charge is 0.0856 e. The average molecular weight is 264 g/mol. The van der Waals surface area contributed by atoms with E-state index in [1.165, 1.54) is 0 Å². The van der Waals surface area contributed by atoms with E-state index in [9.17, 15) is 4.21 Å². The fourth-order valence-corrected chi connectivity index (χ4v) is 3.33. The molecule has 1 rings (SSSR count). The van der Waals surface area contributed by atoms with Crippen LogP contribution in [0.25, 0.3) is 0 Å². The minimum atomic E-state index is -1.02. The molecule has 1 aromatic heterocycles. The van der Waals surface area contributed by atoms with E-state index in [0.29, 0.717) is 16.5 Å². The maximum atomic E-state index is 11.9. The van der Waals surface area contributed by atoms with Crippen molar-refractivity contribution in [2.75, 3.05) is 5.75 Å². The predicted molar refractivity (Wildman–Crippen MR) is 67.9 cm³/mol. The van der Waals surface area contributed by atoms with Gasteiger partial charge in [-0.25, -0.2) is 0 Å². The molecule has 6 heteroatoms. The zero-order chi connectivity index (χ0) is 12.5. The third kappa shape index (κ3) is 3.57. The van der Waals surface area contributed by atoms with Gasteiger partial charge in [-0.1, -0.05) is 11.6 Å². The third-order valence-electron chi connectivity index (χ3n) is 2.09. The Bertz CT molecular complexity index is 409. The Morgan fingerprint density at radius 2 is 2.12 bits per heavy atom. The number of halogens is 1. The monoisotopic (exact) mass is 263 g/mol. The second kappa shape index (κ2) is 4.85. The molecule has 0 aromatic carbocycles. The molecular formula is C10H18ClN3OS. The second-order valence-electron chi connectivity index (χ2n) is 4.69. The van der Waals surface area contributed by atoms with Crippen LogP contribution < -0.4 is 5.73 Å². The molecule has 0 aliphatic rings. The number of aryl methyl sites for hydroxylation is 2. The Hall–Kier alpha value is -0.390. The number of hydrogen-bond acceptors (Lipinski definition) is 3. The van der Waals surface area contributed by atoms with Crippen molar-refractivity contribution in [3.8, 4) is 0 Å². The summed E-state index contributed by atoms with van der Waals surface area (Å²) < 4.78 is 13.6. The fraction of sp³-hybridized carbons (Fsp3) is 0.700. The largest absolute Gasteiger partial charge is 0.325 e. The first kappa shape index (κ1) is 13.7. The van der Waals surface area contributed by atoms with Crippen molar-refractivity contribution in [2.45, 2.75) is 32.1 Å². The van der Waals surface area contributed by atoms with E-state index in [1.807, 2.05) is 20.8 Å². The minimum Gasteiger partial charge on any atom is -0.325 e. The van der Waals surface area contributed by atoms with Gasteiger partial charge in [-0.05, 0) is 20.8 Å². The second-order valence-corrected chi connectivity index (χ2v) is 6.52. The number of nitrogens with zero attached hydrogens (tertiary/aromatic N) is 2. The fourth-order valence-electron chi connectivity index (χ4n) is 1.46. The molecule has 1 heterocycles. The van der Waals surface area contributed by atoms with E-state index in [2.05, 4.69) is 5.10 Å². The van der Waals surface area contributed by atoms with Gasteiger partial charge in [0.1, 0.15) is 0 Å². The van der Waals surface area contributed by atoms with Crippen LogP contribution in [0.1, 0.15) is 25.2 Å². The van der Waals surface area contributed by atoms with E-state index in [0.717, 1.165) is 11.4 Å². The molecular weight excluding hydrogens is 246 g/mol. The molecule has 0 spiro atoms. The van der Waals surface area contributed by atoms with Crippen molar-refractivity contribution >= 4 is 22.4 Å². The summed E-state index contributed by atoms with van der Waals surface area (Å²) >= 11 is 6.08. The van der Waals surface area contributed by atoms with Gasteiger partial charge in [0.15, 0.2) is 0 Å². The molecule has 0 amide bonds. The van der Waals surface area contributed by atoms with Crippen LogP contribution >= 0.6 is 11.6 Å². The van der Waals surface area contributed by atoms with Crippen LogP contribution in [-0.2, 0) is 23.6 Å². The zero-order valence-electron chi connectivity index (χ0n) is 10.1. The van der Waals surface area contributed by atoms with Crippen LogP contribution in [-0.4, -0.2) is 25.3 Å². The van der Waals surface area contributed by atoms with Crippen LogP contribution in [0.3, 0.4) is 0 Å². The highest BCUT2D eigenvalue weighted by Crippen LogP contribution is 2.21. The Morgan fingerprint density at radius 3 is 2.50 bits per heavy atom. The van der Waals surface area contributed by atoms with E-state index in [-0.39, 0.29) is 0 Å². The molecule has 0 radical (unpaired) electrons. The molecule has 0 saturated heterocycles. The van der Waals surface area contributed by atoms with E-state index >= 15 is 0 Å². The first-order chi connectivity index (χ1) is 7.20. The first-order valence-corrected chi connectivity index (χ1v) is 6.89. The Morgan fingerprint density at radius 1 is 1.56 bits per heavy atom. The summed E-state index contributed by atoms with van der Waals surface area (Å²) in [5.74, 6) is 0.852. The number of rotatable bonds is 4. The van der Waals surface area contributed by atoms with Gasteiger partial charge in [-0.3, -0.25) is 8.89 Å². The normalized spacial score (nSPS) is 14.1. The SMILES string of the molecule is Cc1nn(C)c(CS(=O)CC(C)(C)N)c1Cl. The van der Waals surface area contributed by atoms with Crippen molar-refractivity contribution < 1.29 is 4.21 Å². The van der Waals surface area contributed by atoms with Gasteiger partial charge in [0.25, 0.3) is 0 Å². The molecule has 0 bridgehead atoms. The summed E-state index contributed by atoms with van der Waals surface area (Å²) in [6.45, 7) is 5.56. The lowest BCUT2D eigenvalue weighted by Gasteiger charge is -2.17. The number of nitrogens with two attached hydrogens (primary N) is 1. The van der Waals surface area contributed by atoms with Gasteiger partial charge in [-0.2, -0.15) is 5.10 Å². The maximum Gasteiger partial charge on any atom is 0.0856 e. The number of aromatic nitrogens is 2. The van der Waals surface area contributed by atoms with Crippen molar-refractivity contribution in [3.63, 3.8) is 0 Å². The molecule has 0 aliphatic carbocycles. The lowest BCUT2D eigenvalue weighted by Crippen LogP contribution is -2.38. The van der Waals surface area contributed by atoms with Gasteiger partial charge >= 0.3 is 0 Å². The lowest BCUT2D eigenvalue weighted by atomic mass is 10.1. The Labute approximate surface area is 104 Å². The van der Waals surface area contributed by atoms with Gasteiger partial charge in [-0.15, -0.1) is 0 Å². The highest BCUT2D eigenvalue weighted by atomic mass is 35.5. The van der Waals surface area contributed by atoms with Crippen molar-refractivity contribution in [3.05, 3.63) is 16.4 Å². The highest BCUT2D eigenvalue weighted by molar-refractivity contribution is 7.84. The van der Waals surface area contributed by atoms with Crippen LogP contribution in [0.15, 0.2) is 0 Å². The standard InChI is InChI=1S/C10H18ClN3OS/c1-7-9(11)8(14(4)13-7)5-16(15)6-10(2,3)12/h5-6,12H2,1-4H3. The molecule has 92 valence electrons. The Kier molecular flexibility index (Phi) is 4.15.